The Morgan fingerprint density at radius 3 is 2.24 bits per heavy atom. The fourth-order valence-corrected chi connectivity index (χ4v) is 1.31. The number of rotatable bonds is 3. The van der Waals surface area contributed by atoms with Gasteiger partial charge in [-0.05, 0) is 6.07 Å². The average molecular weight is 245 g/mol. The lowest BCUT2D eigenvalue weighted by Gasteiger charge is -2.08. The molecule has 0 bridgehead atoms. The second kappa shape index (κ2) is 4.48. The summed E-state index contributed by atoms with van der Waals surface area (Å²) < 4.78 is 56.8. The monoisotopic (exact) mass is 245 g/mol. The van der Waals surface area contributed by atoms with Crippen molar-refractivity contribution < 1.29 is 22.0 Å². The fourth-order valence-electron chi connectivity index (χ4n) is 1.31. The van der Waals surface area contributed by atoms with Crippen molar-refractivity contribution in [2.75, 3.05) is 5.32 Å². The summed E-state index contributed by atoms with van der Waals surface area (Å²) in [5.41, 5.74) is -0.239. The predicted molar refractivity (Wildman–Crippen MR) is 52.3 cm³/mol. The number of nitrogens with one attached hydrogen (secondary N) is 1. The van der Waals surface area contributed by atoms with Gasteiger partial charge in [-0.25, -0.2) is 17.6 Å². The maximum atomic E-state index is 13.2. The van der Waals surface area contributed by atoms with E-state index in [1.165, 1.54) is 12.5 Å². The number of hydrogen-bond donors (Lipinski definition) is 1. The van der Waals surface area contributed by atoms with Crippen LogP contribution in [0.25, 0.3) is 0 Å². The van der Waals surface area contributed by atoms with Crippen molar-refractivity contribution in [3.63, 3.8) is 0 Å². The van der Waals surface area contributed by atoms with Gasteiger partial charge < -0.3 is 9.73 Å². The maximum absolute atomic E-state index is 13.2. The molecule has 0 radical (unpaired) electrons. The van der Waals surface area contributed by atoms with E-state index < -0.39 is 29.0 Å². The summed E-state index contributed by atoms with van der Waals surface area (Å²) in [5, 5.41) is 2.28. The molecular formula is C11H7F4NO. The Hall–Kier alpha value is -1.98. The van der Waals surface area contributed by atoms with Gasteiger partial charge in [0.25, 0.3) is 0 Å². The molecule has 17 heavy (non-hydrogen) atoms. The van der Waals surface area contributed by atoms with Crippen LogP contribution in [0, 0.1) is 23.3 Å². The topological polar surface area (TPSA) is 25.2 Å². The highest BCUT2D eigenvalue weighted by Crippen LogP contribution is 2.24. The lowest BCUT2D eigenvalue weighted by atomic mass is 10.2. The molecule has 6 heteroatoms. The smallest absolute Gasteiger partial charge is 0.185 e. The van der Waals surface area contributed by atoms with E-state index in [1.54, 1.807) is 6.07 Å². The van der Waals surface area contributed by atoms with Gasteiger partial charge in [0, 0.05) is 18.2 Å². The third-order valence-corrected chi connectivity index (χ3v) is 2.16. The molecule has 0 aliphatic rings. The lowest BCUT2D eigenvalue weighted by Crippen LogP contribution is -2.06. The second-order valence-electron chi connectivity index (χ2n) is 3.33. The predicted octanol–water partition coefficient (Wildman–Crippen LogP) is 3.45. The molecule has 0 aliphatic heterocycles. The molecule has 0 amide bonds. The molecule has 0 atom stereocenters. The van der Waals surface area contributed by atoms with Gasteiger partial charge in [-0.2, -0.15) is 0 Å². The van der Waals surface area contributed by atoms with E-state index in [-0.39, 0.29) is 12.6 Å². The molecule has 1 heterocycles. The van der Waals surface area contributed by atoms with Crippen molar-refractivity contribution in [2.45, 2.75) is 6.54 Å². The molecule has 2 nitrogen and oxygen atoms in total. The number of halogens is 4. The Kier molecular flexibility index (Phi) is 3.03. The summed E-state index contributed by atoms with van der Waals surface area (Å²) in [4.78, 5) is 0. The van der Waals surface area contributed by atoms with Gasteiger partial charge in [0.05, 0.1) is 12.5 Å². The van der Waals surface area contributed by atoms with E-state index in [9.17, 15) is 17.6 Å². The summed E-state index contributed by atoms with van der Waals surface area (Å²) in [5.74, 6) is -5.79. The molecule has 1 N–H and O–H groups in total. The minimum atomic E-state index is -1.45. The molecule has 0 saturated carbocycles. The summed E-state index contributed by atoms with van der Waals surface area (Å²) >= 11 is 0. The molecule has 0 spiro atoms. The molecule has 1 aromatic carbocycles. The molecule has 2 aromatic rings. The van der Waals surface area contributed by atoms with Gasteiger partial charge in [-0.15, -0.1) is 0 Å². The van der Waals surface area contributed by atoms with Gasteiger partial charge >= 0.3 is 0 Å². The first-order valence-corrected chi connectivity index (χ1v) is 4.67. The molecule has 0 unspecified atom stereocenters. The lowest BCUT2D eigenvalue weighted by molar-refractivity contribution is 0.458. The molecule has 90 valence electrons. The number of hydrogen-bond acceptors (Lipinski definition) is 2. The molecule has 0 saturated heterocycles. The van der Waals surface area contributed by atoms with Crippen LogP contribution in [0.2, 0.25) is 0 Å². The van der Waals surface area contributed by atoms with Crippen LogP contribution >= 0.6 is 0 Å². The van der Waals surface area contributed by atoms with E-state index in [2.05, 4.69) is 5.32 Å². The third kappa shape index (κ3) is 2.25. The van der Waals surface area contributed by atoms with E-state index in [1.807, 2.05) is 0 Å². The quantitative estimate of drug-likeness (QED) is 0.661. The maximum Gasteiger partial charge on any atom is 0.185 e. The summed E-state index contributed by atoms with van der Waals surface area (Å²) in [6.45, 7) is -0.00671. The van der Waals surface area contributed by atoms with Gasteiger partial charge in [0.15, 0.2) is 23.3 Å². The number of benzene rings is 1. The van der Waals surface area contributed by atoms with Crippen LogP contribution in [0.4, 0.5) is 23.2 Å². The molecule has 0 fully saturated rings. The largest absolute Gasteiger partial charge is 0.472 e. The van der Waals surface area contributed by atoms with E-state index >= 15 is 0 Å². The molecular weight excluding hydrogens is 238 g/mol. The van der Waals surface area contributed by atoms with Crippen molar-refractivity contribution >= 4 is 5.69 Å². The molecule has 0 aliphatic carbocycles. The highest BCUT2D eigenvalue weighted by molar-refractivity contribution is 5.47. The first-order valence-electron chi connectivity index (χ1n) is 4.67. The normalized spacial score (nSPS) is 10.6. The van der Waals surface area contributed by atoms with Crippen molar-refractivity contribution in [3.8, 4) is 0 Å². The summed E-state index contributed by atoms with van der Waals surface area (Å²) in [7, 11) is 0. The first-order chi connectivity index (χ1) is 8.09. The standard InChI is InChI=1S/C11H7F4NO/c12-7-3-8(13)10(15)11(9(7)14)16-4-6-1-2-17-5-6/h1-3,5,16H,4H2. The highest BCUT2D eigenvalue weighted by atomic mass is 19.2. The van der Waals surface area contributed by atoms with Crippen LogP contribution < -0.4 is 5.32 Å². The van der Waals surface area contributed by atoms with Crippen molar-refractivity contribution in [1.29, 1.82) is 0 Å². The Bertz CT molecular complexity index is 499. The zero-order chi connectivity index (χ0) is 12.4. The van der Waals surface area contributed by atoms with E-state index in [0.717, 1.165) is 0 Å². The van der Waals surface area contributed by atoms with Gasteiger partial charge in [0.1, 0.15) is 5.69 Å². The van der Waals surface area contributed by atoms with Crippen LogP contribution in [-0.4, -0.2) is 0 Å². The Morgan fingerprint density at radius 2 is 1.71 bits per heavy atom. The number of anilines is 1. The van der Waals surface area contributed by atoms with Gasteiger partial charge in [-0.3, -0.25) is 0 Å². The van der Waals surface area contributed by atoms with Gasteiger partial charge in [-0.1, -0.05) is 0 Å². The minimum absolute atomic E-state index is 0.00671. The third-order valence-electron chi connectivity index (χ3n) is 2.16. The van der Waals surface area contributed by atoms with E-state index in [4.69, 9.17) is 4.42 Å². The summed E-state index contributed by atoms with van der Waals surface area (Å²) in [6, 6.07) is 1.71. The number of furan rings is 1. The Morgan fingerprint density at radius 1 is 1.06 bits per heavy atom. The first kappa shape index (κ1) is 11.5. The van der Waals surface area contributed by atoms with Crippen LogP contribution in [-0.2, 0) is 6.54 Å². The Labute approximate surface area is 93.9 Å². The van der Waals surface area contributed by atoms with Crippen LogP contribution in [0.15, 0.2) is 29.1 Å². The van der Waals surface area contributed by atoms with Crippen LogP contribution in [0.5, 0.6) is 0 Å². The fraction of sp³-hybridized carbons (Fsp3) is 0.0909. The molecule has 1 aromatic heterocycles. The zero-order valence-electron chi connectivity index (χ0n) is 8.44. The average Bonchev–Trinajstić information content (AvgIpc) is 2.79. The zero-order valence-corrected chi connectivity index (χ0v) is 8.44. The minimum Gasteiger partial charge on any atom is -0.472 e. The summed E-state index contributed by atoms with van der Waals surface area (Å²) in [6.07, 6.45) is 2.72. The van der Waals surface area contributed by atoms with E-state index in [0.29, 0.717) is 5.56 Å². The second-order valence-corrected chi connectivity index (χ2v) is 3.33. The van der Waals surface area contributed by atoms with Crippen LogP contribution in [0.3, 0.4) is 0 Å². The van der Waals surface area contributed by atoms with Crippen molar-refractivity contribution in [1.82, 2.24) is 0 Å². The van der Waals surface area contributed by atoms with Crippen LogP contribution in [0.1, 0.15) is 5.56 Å². The SMILES string of the molecule is Fc1cc(F)c(F)c(NCc2ccoc2)c1F. The Balaban J connectivity index is 2.26. The highest BCUT2D eigenvalue weighted by Gasteiger charge is 2.18. The molecule has 2 rings (SSSR count). The van der Waals surface area contributed by atoms with Gasteiger partial charge in [0.2, 0.25) is 0 Å². The van der Waals surface area contributed by atoms with Crippen molar-refractivity contribution in [3.05, 3.63) is 53.5 Å². The van der Waals surface area contributed by atoms with Crippen molar-refractivity contribution in [2.24, 2.45) is 0 Å².